The number of hydrogen-bond donors (Lipinski definition) is 0. The molecule has 0 aliphatic heterocycles. The zero-order valence-electron chi connectivity index (χ0n) is 11.4. The number of nitrogens with zero attached hydrogens (tertiary/aromatic N) is 2. The highest BCUT2D eigenvalue weighted by Gasteiger charge is 2.13. The van der Waals surface area contributed by atoms with Crippen molar-refractivity contribution in [2.24, 2.45) is 0 Å². The summed E-state index contributed by atoms with van der Waals surface area (Å²) in [5.74, 6) is -0.605. The number of esters is 1. The molecule has 0 N–H and O–H groups in total. The Balaban J connectivity index is 3.28. The molecule has 1 aromatic rings. The van der Waals surface area contributed by atoms with Gasteiger partial charge in [-0.25, -0.2) is 4.79 Å². The van der Waals surface area contributed by atoms with E-state index in [2.05, 4.69) is 23.2 Å². The van der Waals surface area contributed by atoms with Crippen LogP contribution in [0, 0.1) is 25.2 Å². The van der Waals surface area contributed by atoms with Crippen molar-refractivity contribution in [2.45, 2.75) is 33.7 Å². The third-order valence-corrected chi connectivity index (χ3v) is 2.87. The van der Waals surface area contributed by atoms with Crippen LogP contribution < -0.4 is 0 Å². The summed E-state index contributed by atoms with van der Waals surface area (Å²) in [6.07, 6.45) is 1.58. The fraction of sp³-hybridized carbons (Fsp3) is 0.429. The summed E-state index contributed by atoms with van der Waals surface area (Å²) in [4.78, 5) is 11.4. The van der Waals surface area contributed by atoms with Crippen LogP contribution in [0.4, 0.5) is 0 Å². The molecule has 0 aliphatic rings. The van der Waals surface area contributed by atoms with Gasteiger partial charge in [-0.3, -0.25) is 0 Å². The SMILES string of the molecule is COC(=O)/C(C#N)=C/c1cc(C)n(C(C)C)c1C. The number of ether oxygens (including phenoxy) is 1. The lowest BCUT2D eigenvalue weighted by Crippen LogP contribution is -2.05. The van der Waals surface area contributed by atoms with E-state index in [0.29, 0.717) is 6.04 Å². The second-order valence-corrected chi connectivity index (χ2v) is 4.45. The van der Waals surface area contributed by atoms with Crippen LogP contribution in [0.2, 0.25) is 0 Å². The summed E-state index contributed by atoms with van der Waals surface area (Å²) >= 11 is 0. The van der Waals surface area contributed by atoms with Gasteiger partial charge in [-0.2, -0.15) is 5.26 Å². The van der Waals surface area contributed by atoms with Crippen molar-refractivity contribution in [1.29, 1.82) is 5.26 Å². The van der Waals surface area contributed by atoms with Crippen LogP contribution in [-0.2, 0) is 9.53 Å². The Bertz CT molecular complexity index is 531. The van der Waals surface area contributed by atoms with E-state index in [9.17, 15) is 4.79 Å². The number of nitriles is 1. The predicted molar refractivity (Wildman–Crippen MR) is 69.9 cm³/mol. The maximum absolute atomic E-state index is 11.4. The third-order valence-electron chi connectivity index (χ3n) is 2.87. The Morgan fingerprint density at radius 2 is 2.11 bits per heavy atom. The zero-order chi connectivity index (χ0) is 13.9. The van der Waals surface area contributed by atoms with Crippen molar-refractivity contribution in [3.63, 3.8) is 0 Å². The summed E-state index contributed by atoms with van der Waals surface area (Å²) < 4.78 is 6.73. The van der Waals surface area contributed by atoms with Crippen LogP contribution in [0.1, 0.15) is 36.8 Å². The van der Waals surface area contributed by atoms with Crippen molar-refractivity contribution < 1.29 is 9.53 Å². The van der Waals surface area contributed by atoms with Crippen LogP contribution in [0.3, 0.4) is 0 Å². The molecule has 0 aromatic carbocycles. The van der Waals surface area contributed by atoms with E-state index in [-0.39, 0.29) is 5.57 Å². The first-order valence-corrected chi connectivity index (χ1v) is 5.80. The van der Waals surface area contributed by atoms with Gasteiger partial charge in [0.2, 0.25) is 0 Å². The first kappa shape index (κ1) is 14.0. The first-order chi connectivity index (χ1) is 8.42. The van der Waals surface area contributed by atoms with Gasteiger partial charge in [0.1, 0.15) is 11.6 Å². The third kappa shape index (κ3) is 2.62. The second-order valence-electron chi connectivity index (χ2n) is 4.45. The van der Waals surface area contributed by atoms with E-state index in [1.54, 1.807) is 6.08 Å². The number of rotatable bonds is 3. The smallest absolute Gasteiger partial charge is 0.348 e. The molecule has 1 heterocycles. The molecule has 4 nitrogen and oxygen atoms in total. The molecule has 0 spiro atoms. The number of methoxy groups -OCH3 is 1. The quantitative estimate of drug-likeness (QED) is 0.468. The maximum atomic E-state index is 11.4. The highest BCUT2D eigenvalue weighted by Crippen LogP contribution is 2.22. The lowest BCUT2D eigenvalue weighted by Gasteiger charge is -2.13. The number of aromatic nitrogens is 1. The van der Waals surface area contributed by atoms with Crippen molar-refractivity contribution in [1.82, 2.24) is 4.57 Å². The molecule has 0 atom stereocenters. The monoisotopic (exact) mass is 246 g/mol. The van der Waals surface area contributed by atoms with Gasteiger partial charge >= 0.3 is 5.97 Å². The standard InChI is InChI=1S/C14H18N2O2/c1-9(2)16-10(3)6-12(11(16)4)7-13(8-15)14(17)18-5/h6-7,9H,1-5H3/b13-7+. The van der Waals surface area contributed by atoms with Gasteiger partial charge in [0, 0.05) is 17.4 Å². The molecular formula is C14H18N2O2. The minimum atomic E-state index is -0.605. The maximum Gasteiger partial charge on any atom is 0.348 e. The molecule has 0 saturated heterocycles. The van der Waals surface area contributed by atoms with Gasteiger partial charge in [-0.05, 0) is 45.4 Å². The van der Waals surface area contributed by atoms with E-state index in [4.69, 9.17) is 5.26 Å². The highest BCUT2D eigenvalue weighted by molar-refractivity contribution is 5.97. The first-order valence-electron chi connectivity index (χ1n) is 5.80. The van der Waals surface area contributed by atoms with Gasteiger partial charge in [0.15, 0.2) is 0 Å². The molecule has 1 rings (SSSR count). The Labute approximate surface area is 107 Å². The molecule has 1 aromatic heterocycles. The minimum Gasteiger partial charge on any atom is -0.465 e. The molecule has 0 aliphatic carbocycles. The van der Waals surface area contributed by atoms with Crippen LogP contribution >= 0.6 is 0 Å². The number of carbonyl (C=O) groups is 1. The highest BCUT2D eigenvalue weighted by atomic mass is 16.5. The number of carbonyl (C=O) groups excluding carboxylic acids is 1. The average molecular weight is 246 g/mol. The molecule has 0 radical (unpaired) electrons. The van der Waals surface area contributed by atoms with E-state index in [1.807, 2.05) is 26.0 Å². The Hall–Kier alpha value is -2.02. The van der Waals surface area contributed by atoms with Crippen molar-refractivity contribution in [3.05, 3.63) is 28.6 Å². The van der Waals surface area contributed by atoms with Crippen LogP contribution in [0.15, 0.2) is 11.6 Å². The summed E-state index contributed by atoms with van der Waals surface area (Å²) in [6, 6.07) is 4.17. The molecule has 0 bridgehead atoms. The normalized spacial score (nSPS) is 11.5. The number of hydrogen-bond acceptors (Lipinski definition) is 3. The van der Waals surface area contributed by atoms with Gasteiger partial charge < -0.3 is 9.30 Å². The van der Waals surface area contributed by atoms with Crippen LogP contribution in [0.25, 0.3) is 6.08 Å². The van der Waals surface area contributed by atoms with Gasteiger partial charge in [0.25, 0.3) is 0 Å². The number of aryl methyl sites for hydroxylation is 1. The van der Waals surface area contributed by atoms with E-state index < -0.39 is 5.97 Å². The summed E-state index contributed by atoms with van der Waals surface area (Å²) in [6.45, 7) is 8.18. The summed E-state index contributed by atoms with van der Waals surface area (Å²) in [7, 11) is 1.27. The molecule has 18 heavy (non-hydrogen) atoms. The lowest BCUT2D eigenvalue weighted by atomic mass is 10.1. The fourth-order valence-electron chi connectivity index (χ4n) is 2.15. The minimum absolute atomic E-state index is 0.0153. The fourth-order valence-corrected chi connectivity index (χ4v) is 2.15. The molecule has 96 valence electrons. The molecule has 4 heteroatoms. The molecule has 0 fully saturated rings. The van der Waals surface area contributed by atoms with Crippen molar-refractivity contribution in [3.8, 4) is 6.07 Å². The Morgan fingerprint density at radius 1 is 1.50 bits per heavy atom. The zero-order valence-corrected chi connectivity index (χ0v) is 11.4. The Morgan fingerprint density at radius 3 is 2.50 bits per heavy atom. The van der Waals surface area contributed by atoms with Crippen molar-refractivity contribution >= 4 is 12.0 Å². The topological polar surface area (TPSA) is 55.0 Å². The average Bonchev–Trinajstić information content (AvgIpc) is 2.60. The van der Waals surface area contributed by atoms with Gasteiger partial charge in [-0.15, -0.1) is 0 Å². The van der Waals surface area contributed by atoms with E-state index in [0.717, 1.165) is 17.0 Å². The van der Waals surface area contributed by atoms with Crippen LogP contribution in [0.5, 0.6) is 0 Å². The molecule has 0 unspecified atom stereocenters. The van der Waals surface area contributed by atoms with E-state index in [1.165, 1.54) is 7.11 Å². The molecule has 0 amide bonds. The van der Waals surface area contributed by atoms with Gasteiger partial charge in [0.05, 0.1) is 7.11 Å². The molecular weight excluding hydrogens is 228 g/mol. The lowest BCUT2D eigenvalue weighted by molar-refractivity contribution is -0.135. The largest absolute Gasteiger partial charge is 0.465 e. The van der Waals surface area contributed by atoms with Gasteiger partial charge in [-0.1, -0.05) is 0 Å². The summed E-state index contributed by atoms with van der Waals surface area (Å²) in [5, 5.41) is 8.94. The Kier molecular flexibility index (Phi) is 4.33. The van der Waals surface area contributed by atoms with E-state index >= 15 is 0 Å². The molecule has 0 saturated carbocycles. The predicted octanol–water partition coefficient (Wildman–Crippen LogP) is 2.77. The van der Waals surface area contributed by atoms with Crippen molar-refractivity contribution in [2.75, 3.05) is 7.11 Å². The summed E-state index contributed by atoms with van der Waals surface area (Å²) in [5.41, 5.74) is 3.04. The van der Waals surface area contributed by atoms with Crippen LogP contribution in [-0.4, -0.2) is 17.6 Å². The second kappa shape index (κ2) is 5.54.